The number of carboxylic acid groups (broad SMARTS) is 1. The van der Waals surface area contributed by atoms with Crippen molar-refractivity contribution >= 4 is 5.97 Å². The summed E-state index contributed by atoms with van der Waals surface area (Å²) in [5.74, 6) is -1.10. The zero-order valence-electron chi connectivity index (χ0n) is 16.3. The summed E-state index contributed by atoms with van der Waals surface area (Å²) in [6.45, 7) is 10.1. The van der Waals surface area contributed by atoms with E-state index >= 15 is 0 Å². The van der Waals surface area contributed by atoms with Crippen LogP contribution in [0.1, 0.15) is 56.6 Å². The Hall–Kier alpha value is -1.83. The van der Waals surface area contributed by atoms with Crippen molar-refractivity contribution in [1.82, 2.24) is 0 Å². The Bertz CT molecular complexity index is 659. The minimum absolute atomic E-state index is 0.0146. The van der Waals surface area contributed by atoms with E-state index < -0.39 is 5.97 Å². The van der Waals surface area contributed by atoms with Crippen LogP contribution in [0.5, 0.6) is 0 Å². The first-order chi connectivity index (χ1) is 11.0. The van der Waals surface area contributed by atoms with E-state index in [0.29, 0.717) is 0 Å². The van der Waals surface area contributed by atoms with E-state index in [9.17, 15) is 4.79 Å². The van der Waals surface area contributed by atoms with Gasteiger partial charge < -0.3 is 5.11 Å². The van der Waals surface area contributed by atoms with Gasteiger partial charge in [0.15, 0.2) is 0 Å². The molecule has 0 amide bonds. The fourth-order valence-corrected chi connectivity index (χ4v) is 2.76. The van der Waals surface area contributed by atoms with Crippen molar-refractivity contribution in [2.24, 2.45) is 5.41 Å². The molecule has 120 valence electrons. The molecule has 0 aromatic carbocycles. The summed E-state index contributed by atoms with van der Waals surface area (Å²) in [4.78, 5) is 10.7. The summed E-state index contributed by atoms with van der Waals surface area (Å²) >= 11 is 0. The van der Waals surface area contributed by atoms with Gasteiger partial charge in [-0.05, 0) is 56.6 Å². The highest BCUT2D eigenvalue weighted by Gasteiger charge is 2.26. The maximum Gasteiger partial charge on any atom is 0.328 e. The zero-order valence-corrected chi connectivity index (χ0v) is 14.3. The molecule has 1 rings (SSSR count). The van der Waals surface area contributed by atoms with E-state index in [2.05, 4.69) is 26.8 Å². The maximum absolute atomic E-state index is 10.7. The van der Waals surface area contributed by atoms with Gasteiger partial charge in [0.1, 0.15) is 0 Å². The number of carboxylic acids is 1. The van der Waals surface area contributed by atoms with E-state index in [0.717, 1.165) is 18.1 Å². The molecule has 0 radical (unpaired) electrons. The van der Waals surface area contributed by atoms with Crippen molar-refractivity contribution in [1.29, 1.82) is 0 Å². The van der Waals surface area contributed by atoms with Gasteiger partial charge in [0.2, 0.25) is 0 Å². The van der Waals surface area contributed by atoms with Crippen LogP contribution in [0.2, 0.25) is 0 Å². The van der Waals surface area contributed by atoms with Gasteiger partial charge in [0, 0.05) is 6.08 Å². The van der Waals surface area contributed by atoms with Gasteiger partial charge in [0.25, 0.3) is 0 Å². The lowest BCUT2D eigenvalue weighted by Crippen LogP contribution is -2.19. The third-order valence-corrected chi connectivity index (χ3v) is 3.96. The quantitative estimate of drug-likeness (QED) is 0.530. The van der Waals surface area contributed by atoms with Gasteiger partial charge in [-0.3, -0.25) is 0 Å². The number of carbonyl (C=O) groups is 1. The second-order valence-electron chi connectivity index (χ2n) is 6.59. The molecule has 0 aliphatic heterocycles. The first-order valence-corrected chi connectivity index (χ1v) is 7.70. The smallest absolute Gasteiger partial charge is 0.328 e. The number of hydrogen-bond donors (Lipinski definition) is 1. The standard InChI is InChI=1S/C20H28O2/c1-15(8-6-9-16(2)14-19(21)22)11-12-18-17(3)10-7-13-20(18,4)5/h6,8-9,11-12,14H,7,10,13H2,1-5H3,(H,21,22)/b9-6+,12-11+,15-8-,16-14+/i6D,9D. The second kappa shape index (κ2) is 7.98. The van der Waals surface area contributed by atoms with E-state index in [1.165, 1.54) is 30.9 Å². The monoisotopic (exact) mass is 302 g/mol. The average molecular weight is 302 g/mol. The summed E-state index contributed by atoms with van der Waals surface area (Å²) in [6.07, 6.45) is 10.2. The van der Waals surface area contributed by atoms with E-state index in [1.807, 2.05) is 13.0 Å². The lowest BCUT2D eigenvalue weighted by atomic mass is 9.72. The Morgan fingerprint density at radius 1 is 1.32 bits per heavy atom. The summed E-state index contributed by atoms with van der Waals surface area (Å²) in [7, 11) is 0. The number of aliphatic carboxylic acids is 1. The summed E-state index contributed by atoms with van der Waals surface area (Å²) in [5.41, 5.74) is 4.07. The molecule has 0 atom stereocenters. The lowest BCUT2D eigenvalue weighted by Gasteiger charge is -2.32. The molecule has 0 aromatic heterocycles. The topological polar surface area (TPSA) is 37.3 Å². The fourth-order valence-electron chi connectivity index (χ4n) is 2.76. The molecule has 0 unspecified atom stereocenters. The predicted octanol–water partition coefficient (Wildman–Crippen LogP) is 5.60. The Morgan fingerprint density at radius 3 is 2.59 bits per heavy atom. The van der Waals surface area contributed by atoms with Crippen molar-refractivity contribution < 1.29 is 12.6 Å². The first kappa shape index (κ1) is 15.1. The molecule has 22 heavy (non-hydrogen) atoms. The zero-order chi connectivity index (χ0) is 18.5. The molecule has 0 bridgehead atoms. The lowest BCUT2D eigenvalue weighted by molar-refractivity contribution is -0.131. The molecule has 0 saturated carbocycles. The Kier molecular flexibility index (Phi) is 5.47. The van der Waals surface area contributed by atoms with Crippen LogP contribution in [0.4, 0.5) is 0 Å². The highest BCUT2D eigenvalue weighted by Crippen LogP contribution is 2.40. The molecule has 0 saturated heterocycles. The van der Waals surface area contributed by atoms with Crippen molar-refractivity contribution in [2.75, 3.05) is 0 Å². The number of hydrogen-bond acceptors (Lipinski definition) is 1. The van der Waals surface area contributed by atoms with Gasteiger partial charge in [-0.25, -0.2) is 4.79 Å². The fraction of sp³-hybridized carbons (Fsp3) is 0.450. The van der Waals surface area contributed by atoms with Crippen LogP contribution in [-0.2, 0) is 4.79 Å². The van der Waals surface area contributed by atoms with Gasteiger partial charge >= 0.3 is 5.97 Å². The molecule has 2 nitrogen and oxygen atoms in total. The van der Waals surface area contributed by atoms with Crippen molar-refractivity contribution in [2.45, 2.75) is 53.9 Å². The van der Waals surface area contributed by atoms with Crippen LogP contribution in [0.15, 0.2) is 58.7 Å². The molecule has 1 aliphatic rings. The van der Waals surface area contributed by atoms with Crippen LogP contribution in [0.25, 0.3) is 0 Å². The molecule has 0 aromatic rings. The molecule has 2 heteroatoms. The van der Waals surface area contributed by atoms with E-state index in [4.69, 9.17) is 7.85 Å². The molecular formula is C20H28O2. The van der Waals surface area contributed by atoms with Gasteiger partial charge in [-0.2, -0.15) is 0 Å². The molecular weight excluding hydrogens is 272 g/mol. The third-order valence-electron chi connectivity index (χ3n) is 3.96. The minimum atomic E-state index is -1.10. The average Bonchev–Trinajstić information content (AvgIpc) is 2.44. The van der Waals surface area contributed by atoms with Crippen molar-refractivity contribution in [3.63, 3.8) is 0 Å². The third kappa shape index (κ3) is 5.88. The van der Waals surface area contributed by atoms with Crippen LogP contribution in [-0.4, -0.2) is 11.1 Å². The minimum Gasteiger partial charge on any atom is -0.478 e. The Morgan fingerprint density at radius 2 is 2.00 bits per heavy atom. The van der Waals surface area contributed by atoms with E-state index in [-0.39, 0.29) is 23.1 Å². The van der Waals surface area contributed by atoms with Gasteiger partial charge in [-0.1, -0.05) is 55.3 Å². The Balaban J connectivity index is 3.04. The maximum atomic E-state index is 10.7. The number of rotatable bonds is 5. The van der Waals surface area contributed by atoms with E-state index in [1.54, 1.807) is 6.08 Å². The van der Waals surface area contributed by atoms with Crippen LogP contribution >= 0.6 is 0 Å². The SMILES string of the molecule is [2H]C(/C=C(C)\C=C\C1=C(C)CCCC1(C)C)=C([2H])\C(C)=C\C(=O)O. The molecule has 0 fully saturated rings. The highest BCUT2D eigenvalue weighted by atomic mass is 16.4. The normalized spacial score (nSPS) is 22.4. The summed E-state index contributed by atoms with van der Waals surface area (Å²) in [6, 6.07) is -0.0562. The summed E-state index contributed by atoms with van der Waals surface area (Å²) < 4.78 is 15.8. The second-order valence-corrected chi connectivity index (χ2v) is 6.59. The van der Waals surface area contributed by atoms with Crippen LogP contribution in [0.3, 0.4) is 0 Å². The summed E-state index contributed by atoms with van der Waals surface area (Å²) in [5, 5.41) is 8.72. The first-order valence-electron chi connectivity index (χ1n) is 8.70. The Labute approximate surface area is 137 Å². The molecule has 1 N–H and O–H groups in total. The molecule has 0 heterocycles. The van der Waals surface area contributed by atoms with Gasteiger partial charge in [-0.15, -0.1) is 0 Å². The largest absolute Gasteiger partial charge is 0.478 e. The molecule has 0 spiro atoms. The van der Waals surface area contributed by atoms with Gasteiger partial charge in [0.05, 0.1) is 2.74 Å². The predicted molar refractivity (Wildman–Crippen MR) is 93.8 cm³/mol. The van der Waals surface area contributed by atoms with Crippen molar-refractivity contribution in [3.8, 4) is 0 Å². The number of allylic oxidation sites excluding steroid dienone is 9. The molecule has 1 aliphatic carbocycles. The van der Waals surface area contributed by atoms with Crippen LogP contribution in [0, 0.1) is 5.41 Å². The van der Waals surface area contributed by atoms with Crippen LogP contribution < -0.4 is 0 Å². The highest BCUT2D eigenvalue weighted by molar-refractivity contribution is 5.81. The van der Waals surface area contributed by atoms with Crippen molar-refractivity contribution in [3.05, 3.63) is 58.7 Å².